The maximum atomic E-state index is 13.5. The third-order valence-corrected chi connectivity index (χ3v) is 11.2. The second kappa shape index (κ2) is 11.5. The predicted molar refractivity (Wildman–Crippen MR) is 163 cm³/mol. The Kier molecular flexibility index (Phi) is 8.38. The third kappa shape index (κ3) is 6.54. The number of carboxylic acids is 1. The van der Waals surface area contributed by atoms with Crippen molar-refractivity contribution in [2.24, 2.45) is 11.8 Å². The molecule has 0 saturated heterocycles. The minimum absolute atomic E-state index is 0.0137. The zero-order chi connectivity index (χ0) is 29.5. The van der Waals surface area contributed by atoms with E-state index in [0.29, 0.717) is 29.7 Å². The Morgan fingerprint density at radius 1 is 1.07 bits per heavy atom. The molecule has 2 aliphatic carbocycles. The lowest BCUT2D eigenvalue weighted by molar-refractivity contribution is -0.138. The highest BCUT2D eigenvalue weighted by Gasteiger charge is 2.33. The van der Waals surface area contributed by atoms with Crippen LogP contribution in [-0.4, -0.2) is 41.5 Å². The average molecular weight is 600 g/mol. The van der Waals surface area contributed by atoms with Gasteiger partial charge in [0.25, 0.3) is 5.91 Å². The highest BCUT2D eigenvalue weighted by Crippen LogP contribution is 2.39. The number of hydrogen-bond donors (Lipinski definition) is 3. The molecule has 1 aromatic carbocycles. The molecular formula is C31H41N3O5S2. The van der Waals surface area contributed by atoms with Gasteiger partial charge in [-0.2, -0.15) is 0 Å². The molecule has 0 bridgehead atoms. The molecular weight excluding hydrogens is 558 g/mol. The molecule has 2 aromatic heterocycles. The summed E-state index contributed by atoms with van der Waals surface area (Å²) in [6, 6.07) is 7.37. The molecule has 0 aliphatic heterocycles. The number of fused-ring (bicyclic) bond motifs is 1. The summed E-state index contributed by atoms with van der Waals surface area (Å²) in [5.41, 5.74) is 2.76. The zero-order valence-electron chi connectivity index (χ0n) is 24.3. The van der Waals surface area contributed by atoms with Gasteiger partial charge < -0.3 is 15.0 Å². The van der Waals surface area contributed by atoms with Crippen molar-refractivity contribution in [2.45, 2.75) is 102 Å². The fraction of sp³-hybridized carbons (Fsp3) is 0.548. The molecule has 0 atom stereocenters. The van der Waals surface area contributed by atoms with E-state index in [1.165, 1.54) is 30.6 Å². The van der Waals surface area contributed by atoms with Gasteiger partial charge in [-0.3, -0.25) is 9.59 Å². The van der Waals surface area contributed by atoms with Gasteiger partial charge >= 0.3 is 5.97 Å². The monoisotopic (exact) mass is 599 g/mol. The van der Waals surface area contributed by atoms with E-state index in [4.69, 9.17) is 5.11 Å². The van der Waals surface area contributed by atoms with E-state index in [2.05, 4.69) is 14.6 Å². The number of hydrogen-bond acceptors (Lipinski definition) is 5. The molecule has 0 spiro atoms. The SMILES string of the molecule is Cc1c(C(=O)NC2CC(CC(=O)O)C2)cc(-c2ccc(S(=O)(=O)NC(C)(C)C)c3ccsc23)n1CC1CCCCC1. The molecule has 2 aliphatic rings. The molecule has 2 fully saturated rings. The van der Waals surface area contributed by atoms with Crippen LogP contribution in [0.5, 0.6) is 0 Å². The van der Waals surface area contributed by atoms with Gasteiger partial charge in [-0.1, -0.05) is 25.3 Å². The van der Waals surface area contributed by atoms with Crippen LogP contribution in [0.25, 0.3) is 21.3 Å². The highest BCUT2D eigenvalue weighted by atomic mass is 32.2. The van der Waals surface area contributed by atoms with Gasteiger partial charge in [0.15, 0.2) is 0 Å². The van der Waals surface area contributed by atoms with E-state index in [-0.39, 0.29) is 29.2 Å². The van der Waals surface area contributed by atoms with E-state index in [0.717, 1.165) is 41.0 Å². The average Bonchev–Trinajstić information content (AvgIpc) is 3.46. The summed E-state index contributed by atoms with van der Waals surface area (Å²) in [4.78, 5) is 24.8. The lowest BCUT2D eigenvalue weighted by Crippen LogP contribution is -2.44. The molecule has 2 heterocycles. The van der Waals surface area contributed by atoms with Crippen LogP contribution < -0.4 is 10.0 Å². The molecule has 3 N–H and O–H groups in total. The Morgan fingerprint density at radius 2 is 1.78 bits per heavy atom. The Balaban J connectivity index is 1.51. The minimum Gasteiger partial charge on any atom is -0.481 e. The van der Waals surface area contributed by atoms with Crippen molar-refractivity contribution < 1.29 is 23.1 Å². The van der Waals surface area contributed by atoms with Crippen molar-refractivity contribution in [3.05, 3.63) is 40.9 Å². The second-order valence-corrected chi connectivity index (χ2v) is 15.4. The maximum absolute atomic E-state index is 13.5. The van der Waals surface area contributed by atoms with Gasteiger partial charge in [-0.15, -0.1) is 11.3 Å². The first kappa shape index (κ1) is 29.8. The molecule has 5 rings (SSSR count). The molecule has 0 radical (unpaired) electrons. The lowest BCUT2D eigenvalue weighted by atomic mass is 9.78. The van der Waals surface area contributed by atoms with E-state index in [9.17, 15) is 18.0 Å². The summed E-state index contributed by atoms with van der Waals surface area (Å²) in [5, 5.41) is 14.8. The number of aromatic nitrogens is 1. The van der Waals surface area contributed by atoms with Gasteiger partial charge in [0.1, 0.15) is 0 Å². The molecule has 3 aromatic rings. The summed E-state index contributed by atoms with van der Waals surface area (Å²) < 4.78 is 32.5. The Hall–Kier alpha value is -2.69. The molecule has 10 heteroatoms. The Morgan fingerprint density at radius 3 is 2.44 bits per heavy atom. The molecule has 41 heavy (non-hydrogen) atoms. The van der Waals surface area contributed by atoms with Crippen molar-refractivity contribution in [1.82, 2.24) is 14.6 Å². The third-order valence-electron chi connectivity index (χ3n) is 8.39. The van der Waals surface area contributed by atoms with Crippen molar-refractivity contribution in [2.75, 3.05) is 0 Å². The standard InChI is InChI=1S/C31H41N3O5S2/c1-19-25(30(37)32-22-14-21(15-22)16-28(35)36)17-26(34(19)18-20-8-6-5-7-9-20)23-10-11-27(24-12-13-40-29(23)24)41(38,39)33-31(2,3)4/h10-13,17,20-22,33H,5-9,14-16,18H2,1-4H3,(H,32,37)(H,35,36). The van der Waals surface area contributed by atoms with Crippen molar-refractivity contribution >= 4 is 43.3 Å². The van der Waals surface area contributed by atoms with Gasteiger partial charge in [0.05, 0.1) is 16.2 Å². The van der Waals surface area contributed by atoms with Crippen LogP contribution in [0.15, 0.2) is 34.5 Å². The van der Waals surface area contributed by atoms with Crippen LogP contribution in [0.4, 0.5) is 0 Å². The van der Waals surface area contributed by atoms with E-state index in [1.54, 1.807) is 6.07 Å². The number of carbonyl (C=O) groups excluding carboxylic acids is 1. The van der Waals surface area contributed by atoms with Gasteiger partial charge in [0, 0.05) is 45.9 Å². The number of sulfonamides is 1. The first-order valence-corrected chi connectivity index (χ1v) is 17.0. The van der Waals surface area contributed by atoms with Crippen LogP contribution in [0, 0.1) is 18.8 Å². The van der Waals surface area contributed by atoms with Crippen molar-refractivity contribution in [1.29, 1.82) is 0 Å². The fourth-order valence-electron chi connectivity index (χ4n) is 6.42. The summed E-state index contributed by atoms with van der Waals surface area (Å²) in [6.07, 6.45) is 7.53. The van der Waals surface area contributed by atoms with Crippen molar-refractivity contribution in [3.63, 3.8) is 0 Å². The topological polar surface area (TPSA) is 118 Å². The first-order chi connectivity index (χ1) is 19.3. The van der Waals surface area contributed by atoms with Gasteiger partial charge in [-0.05, 0) is 88.8 Å². The van der Waals surface area contributed by atoms with Crippen LogP contribution in [0.2, 0.25) is 0 Å². The molecule has 1 amide bonds. The number of aliphatic carboxylic acids is 1. The number of thiophene rings is 1. The number of nitrogens with zero attached hydrogens (tertiary/aromatic N) is 1. The molecule has 222 valence electrons. The maximum Gasteiger partial charge on any atom is 0.303 e. The van der Waals surface area contributed by atoms with Crippen LogP contribution >= 0.6 is 11.3 Å². The fourth-order valence-corrected chi connectivity index (χ4v) is 9.05. The van der Waals surface area contributed by atoms with E-state index in [1.807, 2.05) is 51.3 Å². The van der Waals surface area contributed by atoms with E-state index >= 15 is 0 Å². The summed E-state index contributed by atoms with van der Waals surface area (Å²) >= 11 is 1.51. The summed E-state index contributed by atoms with van der Waals surface area (Å²) in [5.74, 6) is -0.295. The Labute approximate surface area is 246 Å². The molecule has 2 saturated carbocycles. The van der Waals surface area contributed by atoms with Crippen LogP contribution in [0.1, 0.15) is 88.2 Å². The first-order valence-electron chi connectivity index (χ1n) is 14.6. The normalized spacial score (nSPS) is 20.2. The zero-order valence-corrected chi connectivity index (χ0v) is 26.0. The van der Waals surface area contributed by atoms with Gasteiger partial charge in [0.2, 0.25) is 10.0 Å². The van der Waals surface area contributed by atoms with E-state index < -0.39 is 21.5 Å². The molecule has 8 nitrogen and oxygen atoms in total. The number of carbonyl (C=O) groups is 2. The smallest absolute Gasteiger partial charge is 0.303 e. The number of amides is 1. The predicted octanol–water partition coefficient (Wildman–Crippen LogP) is 6.32. The quantitative estimate of drug-likeness (QED) is 0.266. The number of benzene rings is 1. The van der Waals surface area contributed by atoms with Crippen LogP contribution in [0.3, 0.4) is 0 Å². The van der Waals surface area contributed by atoms with Gasteiger partial charge in [-0.25, -0.2) is 13.1 Å². The lowest BCUT2D eigenvalue weighted by Gasteiger charge is -2.34. The second-order valence-electron chi connectivity index (χ2n) is 12.9. The molecule has 0 unspecified atom stereocenters. The number of rotatable bonds is 9. The summed E-state index contributed by atoms with van der Waals surface area (Å²) in [6.45, 7) is 8.29. The summed E-state index contributed by atoms with van der Waals surface area (Å²) in [7, 11) is -3.74. The highest BCUT2D eigenvalue weighted by molar-refractivity contribution is 7.89. The Bertz CT molecular complexity index is 1550. The minimum atomic E-state index is -3.74. The largest absolute Gasteiger partial charge is 0.481 e. The number of carboxylic acid groups (broad SMARTS) is 1. The van der Waals surface area contributed by atoms with Crippen LogP contribution in [-0.2, 0) is 21.4 Å². The van der Waals surface area contributed by atoms with Crippen molar-refractivity contribution in [3.8, 4) is 11.3 Å². The number of nitrogens with one attached hydrogen (secondary N) is 2.